The molecule has 20 heavy (non-hydrogen) atoms. The van der Waals surface area contributed by atoms with Crippen molar-refractivity contribution in [3.8, 4) is 0 Å². The first-order valence-corrected chi connectivity index (χ1v) is 6.72. The highest BCUT2D eigenvalue weighted by Gasteiger charge is 2.32. The van der Waals surface area contributed by atoms with Crippen molar-refractivity contribution >= 4 is 17.3 Å². The highest BCUT2D eigenvalue weighted by atomic mass is 35.5. The molecule has 1 aromatic rings. The second kappa shape index (κ2) is 6.53. The van der Waals surface area contributed by atoms with Crippen LogP contribution in [0.15, 0.2) is 11.0 Å². The molecule has 0 amide bonds. The predicted octanol–water partition coefficient (Wildman–Crippen LogP) is 0.106. The number of rotatable bonds is 6. The average molecular weight is 304 g/mol. The minimum Gasteiger partial charge on any atom is -0.386 e. The van der Waals surface area contributed by atoms with E-state index in [1.54, 1.807) is 7.11 Å². The monoisotopic (exact) mass is 303 g/mol. The van der Waals surface area contributed by atoms with E-state index in [-0.39, 0.29) is 23.7 Å². The Kier molecular flexibility index (Phi) is 4.98. The van der Waals surface area contributed by atoms with E-state index in [1.165, 1.54) is 10.9 Å². The van der Waals surface area contributed by atoms with Crippen LogP contribution in [0.2, 0.25) is 5.02 Å². The van der Waals surface area contributed by atoms with Crippen molar-refractivity contribution in [2.24, 2.45) is 0 Å². The number of methoxy groups -OCH3 is 1. The Morgan fingerprint density at radius 2 is 2.50 bits per heavy atom. The lowest BCUT2D eigenvalue weighted by Gasteiger charge is -2.21. The summed E-state index contributed by atoms with van der Waals surface area (Å²) in [6.07, 6.45) is 2.02. The second-order valence-electron chi connectivity index (χ2n) is 4.77. The van der Waals surface area contributed by atoms with Gasteiger partial charge in [-0.25, -0.2) is 4.68 Å². The van der Waals surface area contributed by atoms with Crippen molar-refractivity contribution in [3.05, 3.63) is 21.6 Å². The SMILES string of the molecule is COCCn1ncc(NCC2(O)CCOC2)c(Cl)c1=O. The molecule has 1 unspecified atom stereocenters. The fraction of sp³-hybridized carbons (Fsp3) is 0.667. The van der Waals surface area contributed by atoms with E-state index in [9.17, 15) is 9.90 Å². The van der Waals surface area contributed by atoms with E-state index in [0.717, 1.165) is 0 Å². The molecule has 0 aromatic carbocycles. The predicted molar refractivity (Wildman–Crippen MR) is 74.3 cm³/mol. The first-order chi connectivity index (χ1) is 9.56. The summed E-state index contributed by atoms with van der Waals surface area (Å²) in [5, 5.41) is 17.1. The van der Waals surface area contributed by atoms with Crippen LogP contribution in [0.4, 0.5) is 5.69 Å². The molecule has 2 rings (SSSR count). The van der Waals surface area contributed by atoms with E-state index in [4.69, 9.17) is 21.1 Å². The lowest BCUT2D eigenvalue weighted by atomic mass is 10.0. The van der Waals surface area contributed by atoms with Gasteiger partial charge in [-0.3, -0.25) is 4.79 Å². The second-order valence-corrected chi connectivity index (χ2v) is 5.15. The van der Waals surface area contributed by atoms with Crippen LogP contribution in [0, 0.1) is 0 Å². The molecule has 0 aliphatic carbocycles. The number of ether oxygens (including phenoxy) is 2. The molecule has 0 saturated carbocycles. The van der Waals surface area contributed by atoms with Crippen LogP contribution in [0.1, 0.15) is 6.42 Å². The fourth-order valence-electron chi connectivity index (χ4n) is 1.92. The average Bonchev–Trinajstić information content (AvgIpc) is 2.87. The van der Waals surface area contributed by atoms with Crippen molar-refractivity contribution in [1.29, 1.82) is 0 Å². The topological polar surface area (TPSA) is 85.6 Å². The number of nitrogens with one attached hydrogen (secondary N) is 1. The van der Waals surface area contributed by atoms with Crippen LogP contribution >= 0.6 is 11.6 Å². The summed E-state index contributed by atoms with van der Waals surface area (Å²) in [4.78, 5) is 12.0. The summed E-state index contributed by atoms with van der Waals surface area (Å²) in [6.45, 7) is 1.79. The van der Waals surface area contributed by atoms with Crippen molar-refractivity contribution in [2.45, 2.75) is 18.6 Å². The molecule has 1 atom stereocenters. The largest absolute Gasteiger partial charge is 0.386 e. The molecule has 7 nitrogen and oxygen atoms in total. The number of aliphatic hydroxyl groups is 1. The zero-order valence-electron chi connectivity index (χ0n) is 11.3. The van der Waals surface area contributed by atoms with Gasteiger partial charge in [0.25, 0.3) is 5.56 Å². The highest BCUT2D eigenvalue weighted by Crippen LogP contribution is 2.21. The Labute approximate surface area is 121 Å². The zero-order chi connectivity index (χ0) is 14.6. The molecule has 0 spiro atoms. The van der Waals surface area contributed by atoms with Gasteiger partial charge in [-0.1, -0.05) is 11.6 Å². The molecule has 1 saturated heterocycles. The minimum atomic E-state index is -0.922. The molecule has 8 heteroatoms. The van der Waals surface area contributed by atoms with Crippen LogP contribution in [0.25, 0.3) is 0 Å². The summed E-state index contributed by atoms with van der Waals surface area (Å²) < 4.78 is 11.3. The van der Waals surface area contributed by atoms with E-state index in [1.807, 2.05) is 0 Å². The number of halogens is 1. The molecule has 2 heterocycles. The standard InChI is InChI=1S/C12H18ClN3O4/c1-19-5-3-16-11(17)10(13)9(6-15-16)14-7-12(18)2-4-20-8-12/h6,14,18H,2-5,7-8H2,1H3. The van der Waals surface area contributed by atoms with Gasteiger partial charge in [0.1, 0.15) is 10.6 Å². The highest BCUT2D eigenvalue weighted by molar-refractivity contribution is 6.32. The Bertz CT molecular complexity index is 514. The van der Waals surface area contributed by atoms with Gasteiger partial charge in [-0.2, -0.15) is 5.10 Å². The quantitative estimate of drug-likeness (QED) is 0.775. The van der Waals surface area contributed by atoms with Crippen LogP contribution < -0.4 is 10.9 Å². The van der Waals surface area contributed by atoms with Gasteiger partial charge in [0.2, 0.25) is 0 Å². The van der Waals surface area contributed by atoms with Gasteiger partial charge < -0.3 is 19.9 Å². The Morgan fingerprint density at radius 1 is 1.70 bits per heavy atom. The molecule has 0 radical (unpaired) electrons. The van der Waals surface area contributed by atoms with E-state index in [2.05, 4.69) is 10.4 Å². The normalized spacial score (nSPS) is 22.1. The van der Waals surface area contributed by atoms with Crippen LogP contribution in [-0.2, 0) is 16.0 Å². The maximum absolute atomic E-state index is 12.0. The number of nitrogens with zero attached hydrogens (tertiary/aromatic N) is 2. The summed E-state index contributed by atoms with van der Waals surface area (Å²) in [7, 11) is 1.55. The van der Waals surface area contributed by atoms with Crippen molar-refractivity contribution in [3.63, 3.8) is 0 Å². The zero-order valence-corrected chi connectivity index (χ0v) is 12.0. The van der Waals surface area contributed by atoms with Gasteiger partial charge in [0, 0.05) is 26.7 Å². The number of aromatic nitrogens is 2. The van der Waals surface area contributed by atoms with Gasteiger partial charge in [0.05, 0.1) is 31.6 Å². The molecule has 1 aromatic heterocycles. The number of anilines is 1. The molecule has 1 aliphatic heterocycles. The first-order valence-electron chi connectivity index (χ1n) is 6.34. The van der Waals surface area contributed by atoms with Gasteiger partial charge in [0.15, 0.2) is 0 Å². The Hall–Kier alpha value is -1.15. The first kappa shape index (κ1) is 15.2. The maximum atomic E-state index is 12.0. The van der Waals surface area contributed by atoms with Crippen molar-refractivity contribution in [1.82, 2.24) is 9.78 Å². The van der Waals surface area contributed by atoms with Crippen molar-refractivity contribution < 1.29 is 14.6 Å². The molecular formula is C12H18ClN3O4. The molecule has 2 N–H and O–H groups in total. The summed E-state index contributed by atoms with van der Waals surface area (Å²) in [5.41, 5.74) is -0.900. The van der Waals surface area contributed by atoms with Gasteiger partial charge >= 0.3 is 0 Å². The molecule has 1 aliphatic rings. The number of hydrogen-bond donors (Lipinski definition) is 2. The lowest BCUT2D eigenvalue weighted by Crippen LogP contribution is -2.37. The van der Waals surface area contributed by atoms with E-state index >= 15 is 0 Å². The Morgan fingerprint density at radius 3 is 3.15 bits per heavy atom. The maximum Gasteiger partial charge on any atom is 0.287 e. The summed E-state index contributed by atoms with van der Waals surface area (Å²) in [5.74, 6) is 0. The van der Waals surface area contributed by atoms with Crippen molar-refractivity contribution in [2.75, 3.05) is 38.8 Å². The summed E-state index contributed by atoms with van der Waals surface area (Å²) >= 11 is 6.02. The molecule has 0 bridgehead atoms. The van der Waals surface area contributed by atoms with Crippen LogP contribution in [0.5, 0.6) is 0 Å². The molecular weight excluding hydrogens is 286 g/mol. The van der Waals surface area contributed by atoms with Crippen LogP contribution in [-0.4, -0.2) is 54.0 Å². The molecule has 1 fully saturated rings. The number of hydrogen-bond acceptors (Lipinski definition) is 6. The van der Waals surface area contributed by atoms with Gasteiger partial charge in [-0.05, 0) is 0 Å². The van der Waals surface area contributed by atoms with E-state index < -0.39 is 5.60 Å². The van der Waals surface area contributed by atoms with E-state index in [0.29, 0.717) is 31.9 Å². The lowest BCUT2D eigenvalue weighted by molar-refractivity contribution is 0.0382. The third-order valence-corrected chi connectivity index (χ3v) is 3.55. The van der Waals surface area contributed by atoms with Gasteiger partial charge in [-0.15, -0.1) is 0 Å². The third kappa shape index (κ3) is 3.49. The molecule has 112 valence electrons. The Balaban J connectivity index is 2.05. The third-order valence-electron chi connectivity index (χ3n) is 3.18. The fourth-order valence-corrected chi connectivity index (χ4v) is 2.13. The minimum absolute atomic E-state index is 0.0543. The summed E-state index contributed by atoms with van der Waals surface area (Å²) in [6, 6.07) is 0. The van der Waals surface area contributed by atoms with Crippen LogP contribution in [0.3, 0.4) is 0 Å². The smallest absolute Gasteiger partial charge is 0.287 e.